The number of rotatable bonds is 2. The molecule has 1 N–H and O–H groups in total. The van der Waals surface area contributed by atoms with Crippen molar-refractivity contribution in [2.75, 3.05) is 26.9 Å². The lowest BCUT2D eigenvalue weighted by atomic mass is 10.1. The highest BCUT2D eigenvalue weighted by Gasteiger charge is 2.19. The number of morpholine rings is 1. The minimum Gasteiger partial charge on any atom is -0.495 e. The summed E-state index contributed by atoms with van der Waals surface area (Å²) in [6.07, 6.45) is 0. The summed E-state index contributed by atoms with van der Waals surface area (Å²) < 4.78 is 10.6. The maximum Gasteiger partial charge on any atom is 0.137 e. The highest BCUT2D eigenvalue weighted by molar-refractivity contribution is 6.32. The Bertz CT molecular complexity index is 337. The molecule has 1 atom stereocenters. The molecule has 0 bridgehead atoms. The van der Waals surface area contributed by atoms with Gasteiger partial charge in [0.15, 0.2) is 0 Å². The molecule has 0 saturated carbocycles. The van der Waals surface area contributed by atoms with Crippen molar-refractivity contribution in [1.82, 2.24) is 5.32 Å². The normalized spacial score (nSPS) is 21.3. The summed E-state index contributed by atoms with van der Waals surface area (Å²) in [6, 6.07) is 5.96. The van der Waals surface area contributed by atoms with Crippen LogP contribution in [0.4, 0.5) is 0 Å². The van der Waals surface area contributed by atoms with Crippen LogP contribution in [0.1, 0.15) is 11.6 Å². The fraction of sp³-hybridized carbons (Fsp3) is 0.455. The highest BCUT2D eigenvalue weighted by atomic mass is 35.5. The fourth-order valence-electron chi connectivity index (χ4n) is 1.72. The summed E-state index contributed by atoms with van der Waals surface area (Å²) in [5, 5.41) is 4.03. The summed E-state index contributed by atoms with van der Waals surface area (Å²) >= 11 is 6.22. The van der Waals surface area contributed by atoms with Crippen LogP contribution in [-0.2, 0) is 4.74 Å². The van der Waals surface area contributed by atoms with E-state index in [1.807, 2.05) is 18.2 Å². The van der Waals surface area contributed by atoms with Gasteiger partial charge in [0, 0.05) is 6.54 Å². The molecule has 0 spiro atoms. The van der Waals surface area contributed by atoms with Gasteiger partial charge in [-0.3, -0.25) is 0 Å². The zero-order chi connectivity index (χ0) is 10.7. The highest BCUT2D eigenvalue weighted by Crippen LogP contribution is 2.32. The molecule has 1 aliphatic heterocycles. The first-order chi connectivity index (χ1) is 7.33. The third kappa shape index (κ3) is 2.25. The Kier molecular flexibility index (Phi) is 3.46. The predicted octanol–water partition coefficient (Wildman–Crippen LogP) is 2.01. The van der Waals surface area contributed by atoms with Gasteiger partial charge in [0.05, 0.1) is 31.4 Å². The Morgan fingerprint density at radius 1 is 1.53 bits per heavy atom. The number of methoxy groups -OCH3 is 1. The minimum atomic E-state index is 0.168. The van der Waals surface area contributed by atoms with Crippen LogP contribution in [-0.4, -0.2) is 26.9 Å². The van der Waals surface area contributed by atoms with Gasteiger partial charge in [0.25, 0.3) is 0 Å². The Hall–Kier alpha value is -0.770. The first kappa shape index (κ1) is 10.7. The third-order valence-corrected chi connectivity index (χ3v) is 2.91. The van der Waals surface area contributed by atoms with Gasteiger partial charge in [-0.2, -0.15) is 0 Å². The topological polar surface area (TPSA) is 30.5 Å². The SMILES string of the molecule is COc1cccc(C2COCCN2)c1Cl. The molecule has 15 heavy (non-hydrogen) atoms. The fourth-order valence-corrected chi connectivity index (χ4v) is 2.05. The third-order valence-electron chi connectivity index (χ3n) is 2.51. The lowest BCUT2D eigenvalue weighted by molar-refractivity contribution is 0.0768. The van der Waals surface area contributed by atoms with Gasteiger partial charge in [-0.15, -0.1) is 0 Å². The Labute approximate surface area is 94.3 Å². The summed E-state index contributed by atoms with van der Waals surface area (Å²) in [7, 11) is 1.62. The molecule has 82 valence electrons. The molecule has 1 aromatic rings. The molecule has 3 nitrogen and oxygen atoms in total. The second-order valence-electron chi connectivity index (χ2n) is 3.45. The van der Waals surface area contributed by atoms with Gasteiger partial charge in [-0.1, -0.05) is 23.7 Å². The quantitative estimate of drug-likeness (QED) is 0.839. The smallest absolute Gasteiger partial charge is 0.137 e. The molecule has 0 amide bonds. The summed E-state index contributed by atoms with van der Waals surface area (Å²) in [5.74, 6) is 0.710. The molecule has 0 aromatic heterocycles. The molecule has 0 radical (unpaired) electrons. The molecule has 1 unspecified atom stereocenters. The summed E-state index contributed by atoms with van der Waals surface area (Å²) in [4.78, 5) is 0. The van der Waals surface area contributed by atoms with E-state index in [1.165, 1.54) is 0 Å². The van der Waals surface area contributed by atoms with Crippen LogP contribution in [0.5, 0.6) is 5.75 Å². The van der Waals surface area contributed by atoms with E-state index in [1.54, 1.807) is 7.11 Å². The minimum absolute atomic E-state index is 0.168. The second-order valence-corrected chi connectivity index (χ2v) is 3.82. The van der Waals surface area contributed by atoms with Crippen LogP contribution in [0.15, 0.2) is 18.2 Å². The zero-order valence-electron chi connectivity index (χ0n) is 8.63. The number of benzene rings is 1. The van der Waals surface area contributed by atoms with Crippen molar-refractivity contribution in [1.29, 1.82) is 0 Å². The van der Waals surface area contributed by atoms with Gasteiger partial charge in [0.1, 0.15) is 5.75 Å². The summed E-state index contributed by atoms with van der Waals surface area (Å²) in [6.45, 7) is 2.28. The number of nitrogens with one attached hydrogen (secondary N) is 1. The zero-order valence-corrected chi connectivity index (χ0v) is 9.38. The van der Waals surface area contributed by atoms with E-state index in [0.29, 0.717) is 17.4 Å². The van der Waals surface area contributed by atoms with Crippen LogP contribution in [0, 0.1) is 0 Å². The van der Waals surface area contributed by atoms with Crippen molar-refractivity contribution in [3.05, 3.63) is 28.8 Å². The lowest BCUT2D eigenvalue weighted by Gasteiger charge is -2.25. The molecule has 2 rings (SSSR count). The van der Waals surface area contributed by atoms with E-state index in [4.69, 9.17) is 21.1 Å². The van der Waals surface area contributed by atoms with E-state index >= 15 is 0 Å². The largest absolute Gasteiger partial charge is 0.495 e. The van der Waals surface area contributed by atoms with Crippen molar-refractivity contribution in [2.45, 2.75) is 6.04 Å². The Morgan fingerprint density at radius 3 is 3.07 bits per heavy atom. The molecule has 1 saturated heterocycles. The monoisotopic (exact) mass is 227 g/mol. The Morgan fingerprint density at radius 2 is 2.40 bits per heavy atom. The number of hydrogen-bond donors (Lipinski definition) is 1. The molecule has 4 heteroatoms. The Balaban J connectivity index is 2.26. The molecule has 1 aliphatic rings. The van der Waals surface area contributed by atoms with Gasteiger partial charge >= 0.3 is 0 Å². The molecular weight excluding hydrogens is 214 g/mol. The number of ether oxygens (including phenoxy) is 2. The number of hydrogen-bond acceptors (Lipinski definition) is 3. The standard InChI is InChI=1S/C11H14ClNO2/c1-14-10-4-2-3-8(11(10)12)9-7-15-6-5-13-9/h2-4,9,13H,5-7H2,1H3. The van der Waals surface area contributed by atoms with E-state index in [-0.39, 0.29) is 6.04 Å². The first-order valence-corrected chi connectivity index (χ1v) is 5.34. The van der Waals surface area contributed by atoms with Crippen LogP contribution in [0.25, 0.3) is 0 Å². The predicted molar refractivity (Wildman–Crippen MR) is 59.6 cm³/mol. The molecule has 1 fully saturated rings. The molecule has 1 aromatic carbocycles. The maximum atomic E-state index is 6.22. The van der Waals surface area contributed by atoms with Gasteiger partial charge in [-0.25, -0.2) is 0 Å². The summed E-state index contributed by atoms with van der Waals surface area (Å²) in [5.41, 5.74) is 1.04. The second kappa shape index (κ2) is 4.84. The van der Waals surface area contributed by atoms with Crippen LogP contribution in [0.3, 0.4) is 0 Å². The van der Waals surface area contributed by atoms with Crippen LogP contribution < -0.4 is 10.1 Å². The van der Waals surface area contributed by atoms with E-state index in [0.717, 1.165) is 18.7 Å². The maximum absolute atomic E-state index is 6.22. The van der Waals surface area contributed by atoms with Crippen molar-refractivity contribution >= 4 is 11.6 Å². The molecule has 0 aliphatic carbocycles. The van der Waals surface area contributed by atoms with Gasteiger partial charge in [0.2, 0.25) is 0 Å². The van der Waals surface area contributed by atoms with Crippen molar-refractivity contribution in [2.24, 2.45) is 0 Å². The van der Waals surface area contributed by atoms with Gasteiger partial charge < -0.3 is 14.8 Å². The average molecular weight is 228 g/mol. The van der Waals surface area contributed by atoms with Crippen LogP contribution >= 0.6 is 11.6 Å². The van der Waals surface area contributed by atoms with E-state index in [9.17, 15) is 0 Å². The van der Waals surface area contributed by atoms with Gasteiger partial charge in [-0.05, 0) is 11.6 Å². The van der Waals surface area contributed by atoms with Crippen molar-refractivity contribution < 1.29 is 9.47 Å². The first-order valence-electron chi connectivity index (χ1n) is 4.96. The molecule has 1 heterocycles. The van der Waals surface area contributed by atoms with Crippen molar-refractivity contribution in [3.8, 4) is 5.75 Å². The van der Waals surface area contributed by atoms with E-state index < -0.39 is 0 Å². The lowest BCUT2D eigenvalue weighted by Crippen LogP contribution is -2.34. The number of halogens is 1. The van der Waals surface area contributed by atoms with E-state index in [2.05, 4.69) is 5.32 Å². The van der Waals surface area contributed by atoms with Crippen LogP contribution in [0.2, 0.25) is 5.02 Å². The van der Waals surface area contributed by atoms with Crippen molar-refractivity contribution in [3.63, 3.8) is 0 Å². The average Bonchev–Trinajstić information content (AvgIpc) is 2.30. The molecular formula is C11H14ClNO2.